The van der Waals surface area contributed by atoms with E-state index < -0.39 is 23.3 Å². The number of aromatic nitrogens is 1. The van der Waals surface area contributed by atoms with Crippen LogP contribution < -0.4 is 5.73 Å². The van der Waals surface area contributed by atoms with Crippen molar-refractivity contribution < 1.29 is 17.6 Å². The van der Waals surface area contributed by atoms with Gasteiger partial charge in [-0.3, -0.25) is 0 Å². The minimum absolute atomic E-state index is 0.0227. The fraction of sp³-hybridized carbons (Fsp3) is 0.500. The normalized spacial score (nSPS) is 25.6. The molecule has 1 aromatic heterocycles. The third kappa shape index (κ3) is 2.17. The van der Waals surface area contributed by atoms with Gasteiger partial charge in [0.2, 0.25) is 0 Å². The molecule has 2 N–H and O–H groups in total. The Bertz CT molecular complexity index is 565. The van der Waals surface area contributed by atoms with Crippen LogP contribution in [0.3, 0.4) is 0 Å². The largest absolute Gasteiger partial charge is 0.392 e. The Morgan fingerprint density at radius 2 is 2.15 bits per heavy atom. The Labute approximate surface area is 114 Å². The van der Waals surface area contributed by atoms with Crippen molar-refractivity contribution in [3.8, 4) is 0 Å². The fourth-order valence-electron chi connectivity index (χ4n) is 2.78. The van der Waals surface area contributed by atoms with Gasteiger partial charge in [-0.1, -0.05) is 13.5 Å². The molecule has 2 atom stereocenters. The lowest BCUT2D eigenvalue weighted by molar-refractivity contribution is -0.153. The van der Waals surface area contributed by atoms with Gasteiger partial charge in [0.15, 0.2) is 0 Å². The molecule has 1 heterocycles. The lowest BCUT2D eigenvalue weighted by Gasteiger charge is -2.21. The molecule has 110 valence electrons. The summed E-state index contributed by atoms with van der Waals surface area (Å²) in [5.74, 6) is -2.00. The zero-order valence-electron chi connectivity index (χ0n) is 11.3. The summed E-state index contributed by atoms with van der Waals surface area (Å²) < 4.78 is 52.2. The Kier molecular flexibility index (Phi) is 3.31. The van der Waals surface area contributed by atoms with Gasteiger partial charge in [-0.15, -0.1) is 0 Å². The summed E-state index contributed by atoms with van der Waals surface area (Å²) in [6.45, 7) is 6.86. The molecule has 0 aromatic carbocycles. The van der Waals surface area contributed by atoms with Gasteiger partial charge < -0.3 is 5.73 Å². The predicted molar refractivity (Wildman–Crippen MR) is 69.3 cm³/mol. The van der Waals surface area contributed by atoms with E-state index in [0.717, 1.165) is 6.07 Å². The van der Waals surface area contributed by atoms with E-state index in [1.807, 2.05) is 0 Å². The first kappa shape index (κ1) is 14.8. The first-order chi connectivity index (χ1) is 9.13. The maximum absolute atomic E-state index is 13.6. The number of rotatable bonds is 3. The van der Waals surface area contributed by atoms with Crippen LogP contribution in [-0.4, -0.2) is 11.2 Å². The van der Waals surface area contributed by atoms with Gasteiger partial charge in [0.25, 0.3) is 0 Å². The van der Waals surface area contributed by atoms with Crippen molar-refractivity contribution in [2.45, 2.75) is 32.9 Å². The van der Waals surface area contributed by atoms with Crippen LogP contribution >= 0.6 is 0 Å². The number of anilines is 1. The van der Waals surface area contributed by atoms with Crippen LogP contribution in [0.5, 0.6) is 0 Å². The van der Waals surface area contributed by atoms with Crippen molar-refractivity contribution in [3.05, 3.63) is 29.7 Å². The number of aryl methyl sites for hydroxylation is 1. The first-order valence-corrected chi connectivity index (χ1v) is 6.32. The average molecular weight is 288 g/mol. The molecule has 2 nitrogen and oxygen atoms in total. The maximum Gasteiger partial charge on any atom is 0.392 e. The summed E-state index contributed by atoms with van der Waals surface area (Å²) in [6.07, 6.45) is -4.02. The number of nitrogen functional groups attached to an aromatic ring is 1. The van der Waals surface area contributed by atoms with E-state index in [-0.39, 0.29) is 35.5 Å². The molecule has 0 radical (unpaired) electrons. The van der Waals surface area contributed by atoms with E-state index in [1.165, 1.54) is 6.92 Å². The highest BCUT2D eigenvalue weighted by atomic mass is 19.4. The number of halogens is 4. The molecule has 0 aliphatic heterocycles. The first-order valence-electron chi connectivity index (χ1n) is 6.32. The highest BCUT2D eigenvalue weighted by molar-refractivity contribution is 5.77. The van der Waals surface area contributed by atoms with Crippen LogP contribution in [0.4, 0.5) is 23.4 Å². The van der Waals surface area contributed by atoms with Gasteiger partial charge in [0, 0.05) is 11.0 Å². The number of nitrogens with two attached hydrogens (primary N) is 1. The zero-order chi connectivity index (χ0) is 15.3. The zero-order valence-corrected chi connectivity index (χ0v) is 11.3. The monoisotopic (exact) mass is 288 g/mol. The SMILES string of the molecule is C=C(c1cc(F)c(C)nc1N)C1(CC)CC1C(F)(F)F. The van der Waals surface area contributed by atoms with Crippen molar-refractivity contribution in [1.29, 1.82) is 0 Å². The van der Waals surface area contributed by atoms with Gasteiger partial charge >= 0.3 is 6.18 Å². The highest BCUT2D eigenvalue weighted by Crippen LogP contribution is 2.68. The number of nitrogens with zero attached hydrogens (tertiary/aromatic N) is 1. The molecule has 1 fully saturated rings. The summed E-state index contributed by atoms with van der Waals surface area (Å²) >= 11 is 0. The Hall–Kier alpha value is -1.59. The molecule has 20 heavy (non-hydrogen) atoms. The molecule has 6 heteroatoms. The van der Waals surface area contributed by atoms with Gasteiger partial charge in [-0.2, -0.15) is 13.2 Å². The summed E-state index contributed by atoms with van der Waals surface area (Å²) in [7, 11) is 0. The molecule has 1 aliphatic rings. The number of alkyl halides is 3. The molecule has 0 saturated heterocycles. The van der Waals surface area contributed by atoms with E-state index in [4.69, 9.17) is 5.73 Å². The van der Waals surface area contributed by atoms with Crippen molar-refractivity contribution in [2.24, 2.45) is 11.3 Å². The third-order valence-electron chi connectivity index (χ3n) is 4.21. The van der Waals surface area contributed by atoms with E-state index in [9.17, 15) is 17.6 Å². The Morgan fingerprint density at radius 1 is 1.55 bits per heavy atom. The molecule has 2 unspecified atom stereocenters. The smallest absolute Gasteiger partial charge is 0.383 e. The van der Waals surface area contributed by atoms with Crippen LogP contribution in [0.2, 0.25) is 0 Å². The van der Waals surface area contributed by atoms with E-state index in [2.05, 4.69) is 11.6 Å². The summed E-state index contributed by atoms with van der Waals surface area (Å²) in [5, 5.41) is 0. The van der Waals surface area contributed by atoms with Crippen LogP contribution in [0.15, 0.2) is 12.6 Å². The quantitative estimate of drug-likeness (QED) is 0.850. The third-order valence-corrected chi connectivity index (χ3v) is 4.21. The van der Waals surface area contributed by atoms with Gasteiger partial charge in [-0.05, 0) is 31.4 Å². The highest BCUT2D eigenvalue weighted by Gasteiger charge is 2.66. The van der Waals surface area contributed by atoms with Crippen LogP contribution in [0, 0.1) is 24.1 Å². The van der Waals surface area contributed by atoms with Crippen molar-refractivity contribution in [2.75, 3.05) is 5.73 Å². The molecular weight excluding hydrogens is 272 g/mol. The second-order valence-corrected chi connectivity index (χ2v) is 5.27. The number of allylic oxidation sites excluding steroid dienone is 1. The minimum Gasteiger partial charge on any atom is -0.383 e. The fourth-order valence-corrected chi connectivity index (χ4v) is 2.78. The van der Waals surface area contributed by atoms with Crippen LogP contribution in [-0.2, 0) is 0 Å². The van der Waals surface area contributed by atoms with Gasteiger partial charge in [0.1, 0.15) is 11.6 Å². The molecule has 0 amide bonds. The second-order valence-electron chi connectivity index (χ2n) is 5.27. The van der Waals surface area contributed by atoms with E-state index in [1.54, 1.807) is 6.92 Å². The molecule has 0 spiro atoms. The van der Waals surface area contributed by atoms with E-state index >= 15 is 0 Å². The molecule has 0 bridgehead atoms. The maximum atomic E-state index is 13.6. The summed E-state index contributed by atoms with van der Waals surface area (Å²) in [6, 6.07) is 1.13. The number of pyridine rings is 1. The standard InChI is InChI=1S/C14H16F4N2/c1-4-13(6-11(13)14(16,17)18)7(2)9-5-10(15)8(3)20-12(9)19/h5,11H,2,4,6H2,1,3H3,(H2,19,20). The summed E-state index contributed by atoms with van der Waals surface area (Å²) in [5.41, 5.74) is 5.16. The number of hydrogen-bond acceptors (Lipinski definition) is 2. The van der Waals surface area contributed by atoms with Gasteiger partial charge in [0.05, 0.1) is 11.6 Å². The Morgan fingerprint density at radius 3 is 2.60 bits per heavy atom. The predicted octanol–water partition coefficient (Wildman–Crippen LogP) is 4.10. The number of hydrogen-bond donors (Lipinski definition) is 1. The summed E-state index contributed by atoms with van der Waals surface area (Å²) in [4.78, 5) is 3.82. The molecule has 1 saturated carbocycles. The topological polar surface area (TPSA) is 38.9 Å². The van der Waals surface area contributed by atoms with Crippen molar-refractivity contribution >= 4 is 11.4 Å². The molecule has 2 rings (SSSR count). The van der Waals surface area contributed by atoms with Crippen LogP contribution in [0.25, 0.3) is 5.57 Å². The molecular formula is C14H16F4N2. The lowest BCUT2D eigenvalue weighted by atomic mass is 9.86. The minimum atomic E-state index is -4.27. The second kappa shape index (κ2) is 4.46. The van der Waals surface area contributed by atoms with Crippen molar-refractivity contribution in [3.63, 3.8) is 0 Å². The Balaban J connectivity index is 2.40. The van der Waals surface area contributed by atoms with Gasteiger partial charge in [-0.25, -0.2) is 9.37 Å². The lowest BCUT2D eigenvalue weighted by Crippen LogP contribution is -2.19. The van der Waals surface area contributed by atoms with Crippen molar-refractivity contribution in [1.82, 2.24) is 4.98 Å². The molecule has 1 aromatic rings. The average Bonchev–Trinajstić information content (AvgIpc) is 3.09. The van der Waals surface area contributed by atoms with Crippen LogP contribution in [0.1, 0.15) is 31.0 Å². The molecule has 1 aliphatic carbocycles. The van der Waals surface area contributed by atoms with E-state index in [0.29, 0.717) is 0 Å².